The average Bonchev–Trinajstić information content (AvgIpc) is 2.86. The zero-order valence-corrected chi connectivity index (χ0v) is 11.3. The number of hydrazine groups is 1. The van der Waals surface area contributed by atoms with Crippen LogP contribution in [0.2, 0.25) is 0 Å². The molecule has 19 heavy (non-hydrogen) atoms. The number of nitrogens with two attached hydrogens (primary N) is 1. The highest BCUT2D eigenvalue weighted by atomic mass is 32.1. The molecule has 0 aliphatic carbocycles. The quantitative estimate of drug-likeness (QED) is 0.567. The minimum atomic E-state index is -0.0564. The molecule has 96 valence electrons. The Labute approximate surface area is 115 Å². The standard InChI is InChI=1S/C14H14N4S/c1-9-17-8-13(19-9)14(18-15)11-4-2-3-10-5-6-16-7-12(10)11/h2-8,14,18H,15H2,1H3. The Hall–Kier alpha value is -1.82. The Balaban J connectivity index is 2.16. The van der Waals surface area contributed by atoms with E-state index in [-0.39, 0.29) is 6.04 Å². The summed E-state index contributed by atoms with van der Waals surface area (Å²) in [6.45, 7) is 1.99. The molecule has 2 heterocycles. The van der Waals surface area contributed by atoms with Gasteiger partial charge in [-0.25, -0.2) is 10.4 Å². The van der Waals surface area contributed by atoms with Gasteiger partial charge in [-0.3, -0.25) is 10.8 Å². The highest BCUT2D eigenvalue weighted by Gasteiger charge is 2.17. The Bertz CT molecular complexity index is 702. The summed E-state index contributed by atoms with van der Waals surface area (Å²) in [6.07, 6.45) is 5.55. The molecule has 0 fully saturated rings. The lowest BCUT2D eigenvalue weighted by molar-refractivity contribution is 0.649. The molecular weight excluding hydrogens is 256 g/mol. The van der Waals surface area contributed by atoms with Gasteiger partial charge in [-0.15, -0.1) is 11.3 Å². The maximum absolute atomic E-state index is 5.75. The van der Waals surface area contributed by atoms with E-state index in [9.17, 15) is 0 Å². The van der Waals surface area contributed by atoms with Crippen LogP contribution >= 0.6 is 11.3 Å². The fourth-order valence-electron chi connectivity index (χ4n) is 2.23. The highest BCUT2D eigenvalue weighted by molar-refractivity contribution is 7.11. The molecule has 5 heteroatoms. The molecule has 0 bridgehead atoms. The van der Waals surface area contributed by atoms with E-state index in [1.807, 2.05) is 31.5 Å². The second kappa shape index (κ2) is 5.05. The normalized spacial score (nSPS) is 12.7. The van der Waals surface area contributed by atoms with E-state index >= 15 is 0 Å². The third-order valence-electron chi connectivity index (χ3n) is 3.12. The van der Waals surface area contributed by atoms with E-state index in [4.69, 9.17) is 5.84 Å². The number of hydrogen-bond acceptors (Lipinski definition) is 5. The Morgan fingerprint density at radius 3 is 2.89 bits per heavy atom. The van der Waals surface area contributed by atoms with E-state index in [1.54, 1.807) is 17.5 Å². The van der Waals surface area contributed by atoms with Crippen LogP contribution in [0.4, 0.5) is 0 Å². The highest BCUT2D eigenvalue weighted by Crippen LogP contribution is 2.30. The van der Waals surface area contributed by atoms with Gasteiger partial charge < -0.3 is 0 Å². The third kappa shape index (κ3) is 2.23. The van der Waals surface area contributed by atoms with Crippen LogP contribution in [0.5, 0.6) is 0 Å². The summed E-state index contributed by atoms with van der Waals surface area (Å²) in [7, 11) is 0. The molecule has 4 nitrogen and oxygen atoms in total. The molecule has 1 aromatic carbocycles. The maximum Gasteiger partial charge on any atom is 0.0897 e. The molecular formula is C14H14N4S. The first-order valence-electron chi connectivity index (χ1n) is 6.00. The fourth-order valence-corrected chi connectivity index (χ4v) is 3.09. The summed E-state index contributed by atoms with van der Waals surface area (Å²) in [4.78, 5) is 9.61. The second-order valence-corrected chi connectivity index (χ2v) is 5.59. The van der Waals surface area contributed by atoms with Crippen molar-refractivity contribution >= 4 is 22.1 Å². The van der Waals surface area contributed by atoms with Gasteiger partial charge in [-0.1, -0.05) is 18.2 Å². The van der Waals surface area contributed by atoms with Crippen LogP contribution in [0.3, 0.4) is 0 Å². The van der Waals surface area contributed by atoms with Gasteiger partial charge in [-0.05, 0) is 23.9 Å². The van der Waals surface area contributed by atoms with Crippen molar-refractivity contribution < 1.29 is 0 Å². The number of pyridine rings is 1. The Kier molecular flexibility index (Phi) is 3.25. The van der Waals surface area contributed by atoms with Crippen LogP contribution in [0.1, 0.15) is 21.5 Å². The third-order valence-corrected chi connectivity index (χ3v) is 4.10. The molecule has 1 atom stereocenters. The van der Waals surface area contributed by atoms with Crippen LogP contribution in [-0.4, -0.2) is 9.97 Å². The van der Waals surface area contributed by atoms with Crippen molar-refractivity contribution in [1.82, 2.24) is 15.4 Å². The first-order valence-corrected chi connectivity index (χ1v) is 6.82. The van der Waals surface area contributed by atoms with Gasteiger partial charge in [0.25, 0.3) is 0 Å². The number of nitrogens with one attached hydrogen (secondary N) is 1. The van der Waals surface area contributed by atoms with Gasteiger partial charge in [0.05, 0.1) is 11.0 Å². The summed E-state index contributed by atoms with van der Waals surface area (Å²) in [6, 6.07) is 8.13. The summed E-state index contributed by atoms with van der Waals surface area (Å²) in [5, 5.41) is 3.31. The number of aromatic nitrogens is 2. The van der Waals surface area contributed by atoms with E-state index in [1.165, 1.54) is 0 Å². The van der Waals surface area contributed by atoms with Crippen LogP contribution in [0.15, 0.2) is 42.9 Å². The van der Waals surface area contributed by atoms with Gasteiger partial charge >= 0.3 is 0 Å². The summed E-state index contributed by atoms with van der Waals surface area (Å²) < 4.78 is 0. The molecule has 1 unspecified atom stereocenters. The van der Waals surface area contributed by atoms with Gasteiger partial charge in [0.15, 0.2) is 0 Å². The minimum Gasteiger partial charge on any atom is -0.271 e. The largest absolute Gasteiger partial charge is 0.271 e. The molecule has 0 amide bonds. The predicted octanol–water partition coefficient (Wildman–Crippen LogP) is 2.55. The van der Waals surface area contributed by atoms with Crippen LogP contribution in [0.25, 0.3) is 10.8 Å². The zero-order valence-electron chi connectivity index (χ0n) is 10.5. The molecule has 2 aromatic heterocycles. The second-order valence-electron chi connectivity index (χ2n) is 4.33. The summed E-state index contributed by atoms with van der Waals surface area (Å²) >= 11 is 1.65. The van der Waals surface area contributed by atoms with E-state index in [2.05, 4.69) is 27.5 Å². The van der Waals surface area contributed by atoms with Crippen LogP contribution < -0.4 is 11.3 Å². The molecule has 0 saturated carbocycles. The maximum atomic E-state index is 5.75. The number of fused-ring (bicyclic) bond motifs is 1. The molecule has 3 N–H and O–H groups in total. The Morgan fingerprint density at radius 2 is 2.16 bits per heavy atom. The summed E-state index contributed by atoms with van der Waals surface area (Å²) in [5.74, 6) is 5.75. The fraction of sp³-hybridized carbons (Fsp3) is 0.143. The van der Waals surface area contributed by atoms with Crippen molar-refractivity contribution in [2.75, 3.05) is 0 Å². The molecule has 0 spiro atoms. The molecule has 0 aliphatic heterocycles. The monoisotopic (exact) mass is 270 g/mol. The minimum absolute atomic E-state index is 0.0564. The number of benzene rings is 1. The molecule has 0 radical (unpaired) electrons. The Morgan fingerprint density at radius 1 is 1.26 bits per heavy atom. The lowest BCUT2D eigenvalue weighted by Gasteiger charge is -2.16. The van der Waals surface area contributed by atoms with Crippen molar-refractivity contribution in [2.45, 2.75) is 13.0 Å². The van der Waals surface area contributed by atoms with E-state index in [0.29, 0.717) is 0 Å². The average molecular weight is 270 g/mol. The topological polar surface area (TPSA) is 63.8 Å². The first kappa shape index (κ1) is 12.2. The van der Waals surface area contributed by atoms with Crippen LogP contribution in [-0.2, 0) is 0 Å². The zero-order chi connectivity index (χ0) is 13.2. The van der Waals surface area contributed by atoms with Gasteiger partial charge in [0.1, 0.15) is 0 Å². The van der Waals surface area contributed by atoms with Crippen molar-refractivity contribution in [3.05, 3.63) is 58.3 Å². The lowest BCUT2D eigenvalue weighted by atomic mass is 10.00. The predicted molar refractivity (Wildman–Crippen MR) is 77.8 cm³/mol. The van der Waals surface area contributed by atoms with Crippen molar-refractivity contribution in [1.29, 1.82) is 0 Å². The number of aryl methyl sites for hydroxylation is 1. The number of hydrogen-bond donors (Lipinski definition) is 2. The van der Waals surface area contributed by atoms with Gasteiger partial charge in [0.2, 0.25) is 0 Å². The van der Waals surface area contributed by atoms with Crippen molar-refractivity contribution in [3.8, 4) is 0 Å². The van der Waals surface area contributed by atoms with Crippen LogP contribution in [0, 0.1) is 6.92 Å². The number of nitrogens with zero attached hydrogens (tertiary/aromatic N) is 2. The number of rotatable bonds is 3. The molecule has 3 aromatic rings. The SMILES string of the molecule is Cc1ncc(C(NN)c2cccc3ccncc23)s1. The summed E-state index contributed by atoms with van der Waals surface area (Å²) in [5.41, 5.74) is 4.00. The first-order chi connectivity index (χ1) is 9.29. The molecule has 3 rings (SSSR count). The lowest BCUT2D eigenvalue weighted by Crippen LogP contribution is -2.28. The molecule has 0 saturated heterocycles. The van der Waals surface area contributed by atoms with Crippen molar-refractivity contribution in [3.63, 3.8) is 0 Å². The van der Waals surface area contributed by atoms with Gasteiger partial charge in [-0.2, -0.15) is 0 Å². The van der Waals surface area contributed by atoms with Crippen molar-refractivity contribution in [2.24, 2.45) is 5.84 Å². The number of thiazole rings is 1. The smallest absolute Gasteiger partial charge is 0.0897 e. The van der Waals surface area contributed by atoms with E-state index in [0.717, 1.165) is 26.2 Å². The van der Waals surface area contributed by atoms with Gasteiger partial charge in [0, 0.05) is 28.9 Å². The van der Waals surface area contributed by atoms with E-state index < -0.39 is 0 Å². The molecule has 0 aliphatic rings.